The quantitative estimate of drug-likeness (QED) is 0.708. The van der Waals surface area contributed by atoms with E-state index >= 15 is 0 Å². The van der Waals surface area contributed by atoms with Crippen molar-refractivity contribution >= 4 is 31.9 Å². The molecular formula is C6H3Br2O2. The minimum Gasteiger partial charge on any atom is -0.504 e. The van der Waals surface area contributed by atoms with Crippen LogP contribution in [-0.2, 0) is 0 Å². The molecule has 0 bridgehead atoms. The summed E-state index contributed by atoms with van der Waals surface area (Å²) < 4.78 is 1.09. The lowest BCUT2D eigenvalue weighted by Crippen LogP contribution is -1.72. The molecule has 2 N–H and O–H groups in total. The van der Waals surface area contributed by atoms with Crippen molar-refractivity contribution in [1.29, 1.82) is 0 Å². The van der Waals surface area contributed by atoms with E-state index in [2.05, 4.69) is 37.9 Å². The average Bonchev–Trinajstić information content (AvgIpc) is 1.93. The van der Waals surface area contributed by atoms with Gasteiger partial charge in [0.1, 0.15) is 0 Å². The predicted molar refractivity (Wildman–Crippen MR) is 44.0 cm³/mol. The summed E-state index contributed by atoms with van der Waals surface area (Å²) in [7, 11) is 0. The van der Waals surface area contributed by atoms with Gasteiger partial charge in [-0.3, -0.25) is 0 Å². The summed E-state index contributed by atoms with van der Waals surface area (Å²) in [5.74, 6) is -0.454. The largest absolute Gasteiger partial charge is 0.504 e. The molecule has 1 radical (unpaired) electrons. The molecule has 10 heavy (non-hydrogen) atoms. The molecule has 0 aliphatic rings. The van der Waals surface area contributed by atoms with Gasteiger partial charge in [-0.25, -0.2) is 0 Å². The smallest absolute Gasteiger partial charge is 0.173 e. The number of aromatic hydroxyl groups is 2. The Morgan fingerprint density at radius 1 is 1.30 bits per heavy atom. The van der Waals surface area contributed by atoms with Crippen LogP contribution in [0.15, 0.2) is 15.0 Å². The summed E-state index contributed by atoms with van der Waals surface area (Å²) >= 11 is 6.18. The van der Waals surface area contributed by atoms with Crippen molar-refractivity contribution in [2.24, 2.45) is 0 Å². The van der Waals surface area contributed by atoms with Crippen molar-refractivity contribution in [3.05, 3.63) is 21.1 Å². The Bertz CT molecular complexity index is 233. The second-order valence-electron chi connectivity index (χ2n) is 1.65. The Morgan fingerprint density at radius 3 is 2.40 bits per heavy atom. The van der Waals surface area contributed by atoms with Crippen LogP contribution in [0.5, 0.6) is 11.5 Å². The molecule has 0 amide bonds. The van der Waals surface area contributed by atoms with Crippen molar-refractivity contribution in [2.75, 3.05) is 0 Å². The SMILES string of the molecule is Oc1[c]cc(Br)c(Br)c1O. The van der Waals surface area contributed by atoms with E-state index in [9.17, 15) is 0 Å². The van der Waals surface area contributed by atoms with Gasteiger partial charge in [0.15, 0.2) is 11.5 Å². The van der Waals surface area contributed by atoms with E-state index in [1.807, 2.05) is 0 Å². The van der Waals surface area contributed by atoms with Gasteiger partial charge < -0.3 is 10.2 Å². The highest BCUT2D eigenvalue weighted by atomic mass is 79.9. The van der Waals surface area contributed by atoms with Gasteiger partial charge in [0.05, 0.1) is 4.47 Å². The van der Waals surface area contributed by atoms with E-state index in [0.29, 0.717) is 8.95 Å². The van der Waals surface area contributed by atoms with E-state index < -0.39 is 0 Å². The molecule has 1 aromatic rings. The summed E-state index contributed by atoms with van der Waals surface area (Å²) in [5, 5.41) is 17.9. The Balaban J connectivity index is 3.34. The molecule has 0 heterocycles. The second-order valence-corrected chi connectivity index (χ2v) is 3.30. The molecule has 4 heteroatoms. The zero-order valence-electron chi connectivity index (χ0n) is 4.73. The summed E-state index contributed by atoms with van der Waals surface area (Å²) in [6, 6.07) is 3.95. The summed E-state index contributed by atoms with van der Waals surface area (Å²) in [6.07, 6.45) is 0. The maximum Gasteiger partial charge on any atom is 0.173 e. The van der Waals surface area contributed by atoms with E-state index in [1.165, 1.54) is 6.07 Å². The molecule has 0 unspecified atom stereocenters. The highest BCUT2D eigenvalue weighted by Crippen LogP contribution is 2.37. The molecule has 2 nitrogen and oxygen atoms in total. The summed E-state index contributed by atoms with van der Waals surface area (Å²) in [5.41, 5.74) is 0. The minimum atomic E-state index is -0.255. The topological polar surface area (TPSA) is 40.5 Å². The Hall–Kier alpha value is -0.220. The van der Waals surface area contributed by atoms with Gasteiger partial charge in [-0.05, 0) is 37.9 Å². The first-order valence-corrected chi connectivity index (χ1v) is 3.99. The molecular weight excluding hydrogens is 264 g/mol. The molecule has 0 aromatic heterocycles. The summed E-state index contributed by atoms with van der Waals surface area (Å²) in [4.78, 5) is 0. The average molecular weight is 267 g/mol. The van der Waals surface area contributed by atoms with Crippen LogP contribution < -0.4 is 0 Å². The highest BCUT2D eigenvalue weighted by Gasteiger charge is 2.06. The summed E-state index contributed by atoms with van der Waals surface area (Å²) in [6.45, 7) is 0. The third-order valence-electron chi connectivity index (χ3n) is 0.978. The zero-order valence-corrected chi connectivity index (χ0v) is 7.90. The maximum absolute atomic E-state index is 9.03. The van der Waals surface area contributed by atoms with Crippen molar-refractivity contribution in [2.45, 2.75) is 0 Å². The van der Waals surface area contributed by atoms with Crippen molar-refractivity contribution in [1.82, 2.24) is 0 Å². The molecule has 0 atom stereocenters. The van der Waals surface area contributed by atoms with Crippen LogP contribution in [0.3, 0.4) is 0 Å². The van der Waals surface area contributed by atoms with Gasteiger partial charge in [0.25, 0.3) is 0 Å². The molecule has 1 rings (SSSR count). The van der Waals surface area contributed by atoms with E-state index in [0.717, 1.165) is 0 Å². The zero-order chi connectivity index (χ0) is 7.72. The molecule has 0 aliphatic heterocycles. The molecule has 1 aromatic carbocycles. The van der Waals surface area contributed by atoms with Crippen molar-refractivity contribution < 1.29 is 10.2 Å². The van der Waals surface area contributed by atoms with Crippen molar-refractivity contribution in [3.8, 4) is 11.5 Å². The maximum atomic E-state index is 9.03. The van der Waals surface area contributed by atoms with Gasteiger partial charge in [0, 0.05) is 10.5 Å². The Labute approximate surface area is 74.8 Å². The van der Waals surface area contributed by atoms with Crippen LogP contribution in [0.1, 0.15) is 0 Å². The van der Waals surface area contributed by atoms with Gasteiger partial charge in [-0.2, -0.15) is 0 Å². The van der Waals surface area contributed by atoms with Crippen LogP contribution in [0, 0.1) is 6.07 Å². The number of halogens is 2. The van der Waals surface area contributed by atoms with Crippen LogP contribution >= 0.6 is 31.9 Å². The molecule has 0 spiro atoms. The fourth-order valence-corrected chi connectivity index (χ4v) is 1.08. The van der Waals surface area contributed by atoms with E-state index in [1.54, 1.807) is 0 Å². The third kappa shape index (κ3) is 1.27. The fourth-order valence-electron chi connectivity index (χ4n) is 0.481. The fraction of sp³-hybridized carbons (Fsp3) is 0. The molecule has 53 valence electrons. The lowest BCUT2D eigenvalue weighted by molar-refractivity contribution is 0.400. The number of hydrogen-bond acceptors (Lipinski definition) is 2. The van der Waals surface area contributed by atoms with E-state index in [4.69, 9.17) is 10.2 Å². The normalized spacial score (nSPS) is 9.80. The number of benzene rings is 1. The molecule has 0 fully saturated rings. The number of hydrogen-bond donors (Lipinski definition) is 2. The Kier molecular flexibility index (Phi) is 2.21. The van der Waals surface area contributed by atoms with Crippen LogP contribution in [0.25, 0.3) is 0 Å². The van der Waals surface area contributed by atoms with Crippen molar-refractivity contribution in [3.63, 3.8) is 0 Å². The first-order chi connectivity index (χ1) is 4.63. The highest BCUT2D eigenvalue weighted by molar-refractivity contribution is 9.13. The molecule has 0 saturated heterocycles. The van der Waals surface area contributed by atoms with Crippen LogP contribution in [-0.4, -0.2) is 10.2 Å². The lowest BCUT2D eigenvalue weighted by atomic mass is 10.3. The lowest BCUT2D eigenvalue weighted by Gasteiger charge is -1.99. The number of phenols is 2. The predicted octanol–water partition coefficient (Wildman–Crippen LogP) is 2.42. The molecule has 0 saturated carbocycles. The van der Waals surface area contributed by atoms with E-state index in [-0.39, 0.29) is 11.5 Å². The van der Waals surface area contributed by atoms with Crippen LogP contribution in [0.2, 0.25) is 0 Å². The van der Waals surface area contributed by atoms with Gasteiger partial charge >= 0.3 is 0 Å². The van der Waals surface area contributed by atoms with Gasteiger partial charge in [-0.15, -0.1) is 0 Å². The minimum absolute atomic E-state index is 0.200. The number of rotatable bonds is 0. The molecule has 0 aliphatic carbocycles. The number of phenolic OH excluding ortho intramolecular Hbond substituents is 2. The van der Waals surface area contributed by atoms with Gasteiger partial charge in [-0.1, -0.05) is 0 Å². The second kappa shape index (κ2) is 2.80. The standard InChI is InChI=1S/C6H3Br2O2/c7-3-1-2-4(9)6(10)5(3)8/h1,9-10H. The first-order valence-electron chi connectivity index (χ1n) is 2.40. The van der Waals surface area contributed by atoms with Gasteiger partial charge in [0.2, 0.25) is 0 Å². The van der Waals surface area contributed by atoms with Crippen LogP contribution in [0.4, 0.5) is 0 Å². The Morgan fingerprint density at radius 2 is 1.90 bits per heavy atom. The monoisotopic (exact) mass is 265 g/mol. The first kappa shape index (κ1) is 7.88. The third-order valence-corrected chi connectivity index (χ3v) is 2.94.